The lowest BCUT2D eigenvalue weighted by atomic mass is 10.1. The maximum Gasteiger partial charge on any atom is 0.344 e. The van der Waals surface area contributed by atoms with Gasteiger partial charge in [0.25, 0.3) is 5.91 Å². The molecule has 0 aliphatic rings. The minimum Gasteiger partial charge on any atom is -0.482 e. The molecule has 1 atom stereocenters. The van der Waals surface area contributed by atoms with Crippen molar-refractivity contribution in [3.8, 4) is 5.75 Å². The summed E-state index contributed by atoms with van der Waals surface area (Å²) in [6.45, 7) is 5.24. The highest BCUT2D eigenvalue weighted by molar-refractivity contribution is 7.18. The molecule has 3 aromatic rings. The number of para-hydroxylation sites is 1. The summed E-state index contributed by atoms with van der Waals surface area (Å²) < 4.78 is 11.6. The lowest BCUT2D eigenvalue weighted by Gasteiger charge is -2.23. The zero-order valence-corrected chi connectivity index (χ0v) is 17.8. The average Bonchev–Trinajstić information content (AvgIpc) is 3.12. The molecule has 0 fully saturated rings. The fraction of sp³-hybridized carbons (Fsp3) is 0.318. The third kappa shape index (κ3) is 5.32. The largest absolute Gasteiger partial charge is 0.482 e. The molecule has 2 aromatic carbocycles. The third-order valence-corrected chi connectivity index (χ3v) is 5.76. The summed E-state index contributed by atoms with van der Waals surface area (Å²) in [6, 6.07) is 13.3. The summed E-state index contributed by atoms with van der Waals surface area (Å²) in [6.07, 6.45) is 0. The van der Waals surface area contributed by atoms with Gasteiger partial charge >= 0.3 is 5.97 Å². The Morgan fingerprint density at radius 3 is 2.48 bits per heavy atom. The van der Waals surface area contributed by atoms with Crippen molar-refractivity contribution in [2.75, 3.05) is 20.3 Å². The van der Waals surface area contributed by atoms with Crippen LogP contribution in [0.5, 0.6) is 5.75 Å². The zero-order chi connectivity index (χ0) is 21.0. The molecule has 0 aliphatic heterocycles. The molecular weight excluding hydrogens is 388 g/mol. The van der Waals surface area contributed by atoms with E-state index in [1.54, 1.807) is 18.4 Å². The van der Waals surface area contributed by atoms with Crippen molar-refractivity contribution in [3.05, 3.63) is 58.6 Å². The number of nitrogens with zero attached hydrogens (tertiary/aromatic N) is 2. The number of aromatic nitrogens is 1. The number of thiazole rings is 1. The van der Waals surface area contributed by atoms with E-state index in [1.807, 2.05) is 63.2 Å². The van der Waals surface area contributed by atoms with E-state index in [0.29, 0.717) is 5.75 Å². The van der Waals surface area contributed by atoms with E-state index in [9.17, 15) is 9.59 Å². The summed E-state index contributed by atoms with van der Waals surface area (Å²) in [5, 5.41) is 0.839. The Bertz CT molecular complexity index is 977. The monoisotopic (exact) mass is 412 g/mol. The van der Waals surface area contributed by atoms with Crippen molar-refractivity contribution >= 4 is 33.4 Å². The number of benzene rings is 2. The van der Waals surface area contributed by atoms with E-state index in [4.69, 9.17) is 9.47 Å². The number of ether oxygens (including phenoxy) is 2. The van der Waals surface area contributed by atoms with Gasteiger partial charge in [0.05, 0.1) is 16.3 Å². The second-order valence-corrected chi connectivity index (χ2v) is 8.04. The van der Waals surface area contributed by atoms with Gasteiger partial charge < -0.3 is 14.4 Å². The van der Waals surface area contributed by atoms with Gasteiger partial charge in [-0.05, 0) is 56.2 Å². The molecular formula is C22H24N2O4S. The van der Waals surface area contributed by atoms with Crippen LogP contribution < -0.4 is 4.74 Å². The second-order valence-electron chi connectivity index (χ2n) is 6.97. The van der Waals surface area contributed by atoms with E-state index in [-0.39, 0.29) is 25.2 Å². The van der Waals surface area contributed by atoms with Gasteiger partial charge in [-0.1, -0.05) is 18.2 Å². The van der Waals surface area contributed by atoms with Crippen LogP contribution in [0.25, 0.3) is 10.2 Å². The van der Waals surface area contributed by atoms with Crippen molar-refractivity contribution in [1.82, 2.24) is 9.88 Å². The summed E-state index contributed by atoms with van der Waals surface area (Å²) in [5.41, 5.74) is 3.01. The molecule has 0 N–H and O–H groups in total. The molecule has 152 valence electrons. The molecule has 1 amide bonds. The normalized spacial score (nSPS) is 11.9. The molecule has 0 unspecified atom stereocenters. The Morgan fingerprint density at radius 2 is 1.79 bits per heavy atom. The van der Waals surface area contributed by atoms with E-state index in [2.05, 4.69) is 4.98 Å². The highest BCUT2D eigenvalue weighted by Crippen LogP contribution is 2.28. The Morgan fingerprint density at radius 1 is 1.10 bits per heavy atom. The summed E-state index contributed by atoms with van der Waals surface area (Å²) in [5.74, 6) is -0.276. The van der Waals surface area contributed by atoms with Crippen molar-refractivity contribution in [3.63, 3.8) is 0 Å². The lowest BCUT2D eigenvalue weighted by molar-refractivity contribution is -0.153. The molecule has 29 heavy (non-hydrogen) atoms. The second kappa shape index (κ2) is 9.05. The topological polar surface area (TPSA) is 68.7 Å². The van der Waals surface area contributed by atoms with E-state index < -0.39 is 5.97 Å². The van der Waals surface area contributed by atoms with Crippen molar-refractivity contribution < 1.29 is 19.1 Å². The van der Waals surface area contributed by atoms with Crippen LogP contribution in [0.4, 0.5) is 0 Å². The molecule has 0 spiro atoms. The quantitative estimate of drug-likeness (QED) is 0.548. The van der Waals surface area contributed by atoms with Crippen molar-refractivity contribution in [2.45, 2.75) is 26.8 Å². The zero-order valence-electron chi connectivity index (χ0n) is 17.0. The molecule has 6 nitrogen and oxygen atoms in total. The van der Waals surface area contributed by atoms with Crippen LogP contribution in [0.15, 0.2) is 42.5 Å². The minimum atomic E-state index is -0.585. The molecule has 3 rings (SSSR count). The number of esters is 1. The molecule has 1 heterocycles. The maximum absolute atomic E-state index is 12.4. The fourth-order valence-corrected chi connectivity index (χ4v) is 3.96. The SMILES string of the molecule is Cc1cc(C)cc(OCC(=O)OCC(=O)N(C)[C@@H](C)c2nc3ccccc3s2)c1. The summed E-state index contributed by atoms with van der Waals surface area (Å²) >= 11 is 1.55. The highest BCUT2D eigenvalue weighted by atomic mass is 32.1. The number of hydrogen-bond acceptors (Lipinski definition) is 6. The number of carbonyl (C=O) groups excluding carboxylic acids is 2. The fourth-order valence-electron chi connectivity index (χ4n) is 2.89. The summed E-state index contributed by atoms with van der Waals surface area (Å²) in [4.78, 5) is 30.5. The molecule has 0 aliphatic carbocycles. The maximum atomic E-state index is 12.4. The van der Waals surface area contributed by atoms with E-state index >= 15 is 0 Å². The van der Waals surface area contributed by atoms with Crippen LogP contribution in [-0.4, -0.2) is 42.0 Å². The molecule has 1 aromatic heterocycles. The number of amides is 1. The summed E-state index contributed by atoms with van der Waals surface area (Å²) in [7, 11) is 1.68. The highest BCUT2D eigenvalue weighted by Gasteiger charge is 2.21. The van der Waals surface area contributed by atoms with Gasteiger partial charge in [0.15, 0.2) is 13.2 Å². The number of likely N-dealkylation sites (N-methyl/N-ethyl adjacent to an activating group) is 1. The molecule has 0 bridgehead atoms. The first-order valence-electron chi connectivity index (χ1n) is 9.31. The first-order valence-corrected chi connectivity index (χ1v) is 10.1. The number of fused-ring (bicyclic) bond motifs is 1. The van der Waals surface area contributed by atoms with Gasteiger partial charge in [-0.3, -0.25) is 4.79 Å². The number of rotatable bonds is 7. The lowest BCUT2D eigenvalue weighted by Crippen LogP contribution is -2.34. The Kier molecular flexibility index (Phi) is 6.49. The standard InChI is InChI=1S/C22H24N2O4S/c1-14-9-15(2)11-17(10-14)27-13-21(26)28-12-20(25)24(4)16(3)22-23-18-7-5-6-8-19(18)29-22/h5-11,16H,12-13H2,1-4H3/t16-/m0/s1. The number of hydrogen-bond donors (Lipinski definition) is 0. The first-order chi connectivity index (χ1) is 13.8. The van der Waals surface area contributed by atoms with E-state index in [0.717, 1.165) is 26.4 Å². The molecule has 0 radical (unpaired) electrons. The van der Waals surface area contributed by atoms with Crippen molar-refractivity contribution in [1.29, 1.82) is 0 Å². The van der Waals surface area contributed by atoms with Crippen LogP contribution in [0.3, 0.4) is 0 Å². The predicted octanol–water partition coefficient (Wildman–Crippen LogP) is 4.05. The van der Waals surface area contributed by atoms with Gasteiger partial charge in [0, 0.05) is 7.05 Å². The van der Waals surface area contributed by atoms with Gasteiger partial charge in [-0.2, -0.15) is 0 Å². The van der Waals surface area contributed by atoms with Crippen LogP contribution in [0.1, 0.15) is 29.1 Å². The van der Waals surface area contributed by atoms with Gasteiger partial charge in [-0.25, -0.2) is 9.78 Å². The first kappa shape index (κ1) is 20.8. The smallest absolute Gasteiger partial charge is 0.344 e. The van der Waals surface area contributed by atoms with Crippen LogP contribution in [-0.2, 0) is 14.3 Å². The Balaban J connectivity index is 1.50. The van der Waals surface area contributed by atoms with Gasteiger partial charge in [-0.15, -0.1) is 11.3 Å². The average molecular weight is 413 g/mol. The number of carbonyl (C=O) groups is 2. The molecule has 7 heteroatoms. The number of aryl methyl sites for hydroxylation is 2. The van der Waals surface area contributed by atoms with Gasteiger partial charge in [0.1, 0.15) is 10.8 Å². The Labute approximate surface area is 174 Å². The third-order valence-electron chi connectivity index (χ3n) is 4.55. The van der Waals surface area contributed by atoms with Gasteiger partial charge in [0.2, 0.25) is 0 Å². The Hall–Kier alpha value is -2.93. The van der Waals surface area contributed by atoms with Crippen LogP contribution in [0.2, 0.25) is 0 Å². The minimum absolute atomic E-state index is 0.217. The molecule has 0 saturated carbocycles. The van der Waals surface area contributed by atoms with Crippen molar-refractivity contribution in [2.24, 2.45) is 0 Å². The van der Waals surface area contributed by atoms with E-state index in [1.165, 1.54) is 4.90 Å². The van der Waals surface area contributed by atoms with Crippen LogP contribution in [0, 0.1) is 13.8 Å². The predicted molar refractivity (Wildman–Crippen MR) is 113 cm³/mol. The van der Waals surface area contributed by atoms with Crippen LogP contribution >= 0.6 is 11.3 Å². The molecule has 0 saturated heterocycles.